The lowest BCUT2D eigenvalue weighted by molar-refractivity contribution is 1.18. The molecule has 34 heavy (non-hydrogen) atoms. The van der Waals surface area contributed by atoms with E-state index in [1.54, 1.807) is 0 Å². The minimum absolute atomic E-state index is 1.08. The predicted octanol–water partition coefficient (Wildman–Crippen LogP) is 10.4. The Balaban J connectivity index is 1.63. The zero-order valence-corrected chi connectivity index (χ0v) is 22.7. The highest BCUT2D eigenvalue weighted by Crippen LogP contribution is 2.37. The topological polar surface area (TPSA) is 4.93 Å². The minimum Gasteiger partial charge on any atom is -0.309 e. The largest absolute Gasteiger partial charge is 0.309 e. The number of benzene rings is 5. The fourth-order valence-electron chi connectivity index (χ4n) is 4.54. The van der Waals surface area contributed by atoms with E-state index in [1.807, 2.05) is 0 Å². The summed E-state index contributed by atoms with van der Waals surface area (Å²) in [6.45, 7) is 0. The van der Waals surface area contributed by atoms with Gasteiger partial charge in [-0.2, -0.15) is 0 Å². The summed E-state index contributed by atoms with van der Waals surface area (Å²) in [5.41, 5.74) is 8.39. The maximum atomic E-state index is 3.57. The first-order chi connectivity index (χ1) is 16.6. The molecule has 0 spiro atoms. The number of fused-ring (bicyclic) bond motifs is 3. The lowest BCUT2D eigenvalue weighted by atomic mass is 10.0. The summed E-state index contributed by atoms with van der Waals surface area (Å²) in [6, 6.07) is 39.1. The molecule has 1 nitrogen and oxygen atoms in total. The zero-order valence-electron chi connectivity index (χ0n) is 18.0. The summed E-state index contributed by atoms with van der Waals surface area (Å²) in [4.78, 5) is 0. The van der Waals surface area contributed by atoms with E-state index < -0.39 is 0 Å². The van der Waals surface area contributed by atoms with Gasteiger partial charge in [0.05, 0.1) is 11.0 Å². The number of rotatable bonds is 3. The Morgan fingerprint density at radius 2 is 0.735 bits per heavy atom. The summed E-state index contributed by atoms with van der Waals surface area (Å²) in [5.74, 6) is 0. The highest BCUT2D eigenvalue weighted by Gasteiger charge is 2.14. The van der Waals surface area contributed by atoms with Gasteiger partial charge >= 0.3 is 0 Å². The van der Waals surface area contributed by atoms with Gasteiger partial charge in [-0.25, -0.2) is 0 Å². The summed E-state index contributed by atoms with van der Waals surface area (Å²) >= 11 is 10.7. The summed E-state index contributed by atoms with van der Waals surface area (Å²) in [6.07, 6.45) is 0. The van der Waals surface area contributed by atoms with Crippen molar-refractivity contribution in [3.05, 3.63) is 123 Å². The van der Waals surface area contributed by atoms with E-state index in [-0.39, 0.29) is 0 Å². The highest BCUT2D eigenvalue weighted by molar-refractivity contribution is 9.11. The van der Waals surface area contributed by atoms with Gasteiger partial charge in [-0.05, 0) is 95.1 Å². The first-order valence-electron chi connectivity index (χ1n) is 10.9. The molecule has 1 aromatic heterocycles. The van der Waals surface area contributed by atoms with Crippen molar-refractivity contribution < 1.29 is 0 Å². The Kier molecular flexibility index (Phi) is 5.68. The third-order valence-corrected chi connectivity index (χ3v) is 7.79. The lowest BCUT2D eigenvalue weighted by Gasteiger charge is -2.09. The number of halogens is 3. The van der Waals surface area contributed by atoms with E-state index in [9.17, 15) is 0 Å². The molecule has 0 saturated carbocycles. The molecule has 1 heterocycles. The molecule has 0 fully saturated rings. The molecule has 0 aliphatic rings. The maximum absolute atomic E-state index is 3.57. The summed E-state index contributed by atoms with van der Waals surface area (Å²) < 4.78 is 5.60. The van der Waals surface area contributed by atoms with Crippen molar-refractivity contribution >= 4 is 69.6 Å². The summed E-state index contributed by atoms with van der Waals surface area (Å²) in [7, 11) is 0. The molecule has 0 saturated heterocycles. The van der Waals surface area contributed by atoms with Crippen LogP contribution in [0.25, 0.3) is 49.7 Å². The van der Waals surface area contributed by atoms with Crippen molar-refractivity contribution in [2.75, 3.05) is 0 Å². The third-order valence-electron chi connectivity index (χ3n) is 6.21. The average Bonchev–Trinajstić information content (AvgIpc) is 3.18. The number of hydrogen-bond acceptors (Lipinski definition) is 0. The molecule has 4 heteroatoms. The predicted molar refractivity (Wildman–Crippen MR) is 155 cm³/mol. The number of hydrogen-bond donors (Lipinski definition) is 0. The molecule has 0 unspecified atom stereocenters. The lowest BCUT2D eigenvalue weighted by Crippen LogP contribution is -1.93. The first-order valence-corrected chi connectivity index (χ1v) is 13.3. The second-order valence-electron chi connectivity index (χ2n) is 8.29. The van der Waals surface area contributed by atoms with Crippen LogP contribution in [-0.2, 0) is 0 Å². The second-order valence-corrected chi connectivity index (χ2v) is 11.0. The van der Waals surface area contributed by atoms with Crippen molar-refractivity contribution in [1.29, 1.82) is 0 Å². The van der Waals surface area contributed by atoms with Gasteiger partial charge in [0, 0.05) is 29.9 Å². The number of aromatic nitrogens is 1. The standard InChI is InChI=1S/C30H18Br3N/c31-23-7-1-19(2-8-23)21-5-15-29-27(17-21)28-18-22(20-3-9-24(32)10-4-20)6-16-30(28)34(29)26-13-11-25(33)12-14-26/h1-18H. The minimum atomic E-state index is 1.08. The Morgan fingerprint density at radius 1 is 0.382 bits per heavy atom. The van der Waals surface area contributed by atoms with Gasteiger partial charge in [0.1, 0.15) is 0 Å². The Labute approximate surface area is 223 Å². The summed E-state index contributed by atoms with van der Waals surface area (Å²) in [5, 5.41) is 2.49. The van der Waals surface area contributed by atoms with Crippen molar-refractivity contribution in [3.8, 4) is 27.9 Å². The van der Waals surface area contributed by atoms with Crippen LogP contribution in [0.15, 0.2) is 123 Å². The van der Waals surface area contributed by atoms with E-state index in [2.05, 4.69) is 162 Å². The van der Waals surface area contributed by atoms with E-state index in [0.29, 0.717) is 0 Å². The Morgan fingerprint density at radius 3 is 1.15 bits per heavy atom. The highest BCUT2D eigenvalue weighted by atomic mass is 79.9. The van der Waals surface area contributed by atoms with Crippen LogP contribution in [0, 0.1) is 0 Å². The van der Waals surface area contributed by atoms with Crippen molar-refractivity contribution in [1.82, 2.24) is 4.57 Å². The van der Waals surface area contributed by atoms with Crippen LogP contribution in [0.4, 0.5) is 0 Å². The maximum Gasteiger partial charge on any atom is 0.0541 e. The number of nitrogens with zero attached hydrogens (tertiary/aromatic N) is 1. The van der Waals surface area contributed by atoms with Crippen LogP contribution >= 0.6 is 47.8 Å². The molecule has 0 bridgehead atoms. The fraction of sp³-hybridized carbons (Fsp3) is 0. The smallest absolute Gasteiger partial charge is 0.0541 e. The van der Waals surface area contributed by atoms with Gasteiger partial charge in [-0.1, -0.05) is 84.2 Å². The van der Waals surface area contributed by atoms with E-state index >= 15 is 0 Å². The van der Waals surface area contributed by atoms with Gasteiger partial charge < -0.3 is 4.57 Å². The van der Waals surface area contributed by atoms with Crippen LogP contribution in [-0.4, -0.2) is 4.57 Å². The third kappa shape index (κ3) is 3.94. The molecule has 6 rings (SSSR count). The monoisotopic (exact) mass is 629 g/mol. The van der Waals surface area contributed by atoms with Crippen molar-refractivity contribution in [3.63, 3.8) is 0 Å². The zero-order chi connectivity index (χ0) is 23.2. The molecule has 6 aromatic rings. The normalized spacial score (nSPS) is 11.4. The molecular formula is C30H18Br3N. The van der Waals surface area contributed by atoms with Crippen LogP contribution < -0.4 is 0 Å². The van der Waals surface area contributed by atoms with Gasteiger partial charge in [0.15, 0.2) is 0 Å². The van der Waals surface area contributed by atoms with Crippen molar-refractivity contribution in [2.24, 2.45) is 0 Å². The van der Waals surface area contributed by atoms with Gasteiger partial charge in [0.25, 0.3) is 0 Å². The van der Waals surface area contributed by atoms with E-state index in [4.69, 9.17) is 0 Å². The molecule has 164 valence electrons. The quantitative estimate of drug-likeness (QED) is 0.183. The van der Waals surface area contributed by atoms with E-state index in [0.717, 1.165) is 19.1 Å². The SMILES string of the molecule is Brc1ccc(-c2ccc3c(c2)c2cc(-c4ccc(Br)cc4)ccc2n3-c2ccc(Br)cc2)cc1. The molecule has 0 aliphatic heterocycles. The Bertz CT molecular complexity index is 1540. The van der Waals surface area contributed by atoms with Gasteiger partial charge in [-0.3, -0.25) is 0 Å². The van der Waals surface area contributed by atoms with E-state index in [1.165, 1.54) is 44.1 Å². The average molecular weight is 632 g/mol. The fourth-order valence-corrected chi connectivity index (χ4v) is 5.33. The Hall–Kier alpha value is -2.66. The van der Waals surface area contributed by atoms with Crippen LogP contribution in [0.2, 0.25) is 0 Å². The van der Waals surface area contributed by atoms with Crippen molar-refractivity contribution in [2.45, 2.75) is 0 Å². The molecule has 5 aromatic carbocycles. The van der Waals surface area contributed by atoms with Crippen LogP contribution in [0.3, 0.4) is 0 Å². The molecule has 0 radical (unpaired) electrons. The molecule has 0 amide bonds. The van der Waals surface area contributed by atoms with Gasteiger partial charge in [0.2, 0.25) is 0 Å². The molecule has 0 N–H and O–H groups in total. The molecule has 0 aliphatic carbocycles. The van der Waals surface area contributed by atoms with Crippen LogP contribution in [0.1, 0.15) is 0 Å². The first kappa shape index (κ1) is 21.8. The van der Waals surface area contributed by atoms with Crippen LogP contribution in [0.5, 0.6) is 0 Å². The second kappa shape index (κ2) is 8.84. The van der Waals surface area contributed by atoms with Gasteiger partial charge in [-0.15, -0.1) is 0 Å². The molecule has 0 atom stereocenters. The molecular weight excluding hydrogens is 614 g/mol.